The van der Waals surface area contributed by atoms with Gasteiger partial charge in [0.1, 0.15) is 0 Å². The van der Waals surface area contributed by atoms with Crippen molar-refractivity contribution >= 4 is 5.91 Å². The van der Waals surface area contributed by atoms with E-state index in [9.17, 15) is 4.79 Å². The van der Waals surface area contributed by atoms with Crippen LogP contribution in [0.1, 0.15) is 42.5 Å². The quantitative estimate of drug-likeness (QED) is 0.882. The number of carbonyl (C=O) groups excluding carboxylic acids is 1. The molecule has 1 heterocycles. The highest BCUT2D eigenvalue weighted by atomic mass is 16.1. The minimum atomic E-state index is 0.0904. The van der Waals surface area contributed by atoms with Gasteiger partial charge < -0.3 is 5.32 Å². The number of benzene rings is 1. The van der Waals surface area contributed by atoms with Crippen LogP contribution < -0.4 is 5.32 Å². The molecule has 21 heavy (non-hydrogen) atoms. The van der Waals surface area contributed by atoms with Crippen molar-refractivity contribution in [1.29, 1.82) is 0 Å². The summed E-state index contributed by atoms with van der Waals surface area (Å²) in [6, 6.07) is 14.3. The zero-order valence-electron chi connectivity index (χ0n) is 12.7. The van der Waals surface area contributed by atoms with Crippen LogP contribution in [0.15, 0.2) is 48.7 Å². The molecule has 3 nitrogen and oxygen atoms in total. The first-order valence-corrected chi connectivity index (χ1v) is 7.45. The van der Waals surface area contributed by atoms with Crippen LogP contribution >= 0.6 is 0 Å². The lowest BCUT2D eigenvalue weighted by atomic mass is 9.94. The molecule has 1 aromatic heterocycles. The van der Waals surface area contributed by atoms with Crippen LogP contribution in [-0.4, -0.2) is 17.4 Å². The molecule has 1 unspecified atom stereocenters. The lowest BCUT2D eigenvalue weighted by Crippen LogP contribution is -2.28. The molecule has 110 valence electrons. The van der Waals surface area contributed by atoms with Crippen molar-refractivity contribution < 1.29 is 4.79 Å². The third-order valence-electron chi connectivity index (χ3n) is 3.50. The van der Waals surface area contributed by atoms with Crippen LogP contribution in [0.5, 0.6) is 0 Å². The zero-order chi connectivity index (χ0) is 15.1. The maximum absolute atomic E-state index is 11.7. The fraction of sp³-hybridized carbons (Fsp3) is 0.333. The summed E-state index contributed by atoms with van der Waals surface area (Å²) in [5.74, 6) is 0.193. The summed E-state index contributed by atoms with van der Waals surface area (Å²) in [7, 11) is 0. The summed E-state index contributed by atoms with van der Waals surface area (Å²) in [5.41, 5.74) is 3.39. The van der Waals surface area contributed by atoms with Gasteiger partial charge >= 0.3 is 0 Å². The number of nitrogens with zero attached hydrogens (tertiary/aromatic N) is 1. The third kappa shape index (κ3) is 4.42. The van der Waals surface area contributed by atoms with E-state index < -0.39 is 0 Å². The van der Waals surface area contributed by atoms with Gasteiger partial charge in [-0.1, -0.05) is 42.8 Å². The monoisotopic (exact) mass is 282 g/mol. The van der Waals surface area contributed by atoms with E-state index in [1.165, 1.54) is 11.1 Å². The Balaban J connectivity index is 2.18. The minimum Gasteiger partial charge on any atom is -0.355 e. The Kier molecular flexibility index (Phi) is 5.50. The van der Waals surface area contributed by atoms with E-state index in [1.807, 2.05) is 25.1 Å². The first kappa shape index (κ1) is 15.2. The van der Waals surface area contributed by atoms with Gasteiger partial charge in [0.2, 0.25) is 5.91 Å². The number of nitrogens with one attached hydrogen (secondary N) is 1. The lowest BCUT2D eigenvalue weighted by molar-refractivity contribution is -0.121. The van der Waals surface area contributed by atoms with E-state index in [0.29, 0.717) is 13.0 Å². The van der Waals surface area contributed by atoms with Gasteiger partial charge in [0.05, 0.1) is 0 Å². The van der Waals surface area contributed by atoms with Crippen LogP contribution in [0.3, 0.4) is 0 Å². The average molecular weight is 282 g/mol. The number of pyridine rings is 1. The molecule has 0 fully saturated rings. The molecule has 0 aliphatic heterocycles. The predicted molar refractivity (Wildman–Crippen MR) is 85.2 cm³/mol. The van der Waals surface area contributed by atoms with Crippen LogP contribution in [-0.2, 0) is 4.79 Å². The van der Waals surface area contributed by atoms with Crippen LogP contribution in [0.4, 0.5) is 0 Å². The highest BCUT2D eigenvalue weighted by Crippen LogP contribution is 2.22. The van der Waals surface area contributed by atoms with E-state index in [2.05, 4.69) is 41.5 Å². The van der Waals surface area contributed by atoms with Gasteiger partial charge in [0, 0.05) is 30.8 Å². The highest BCUT2D eigenvalue weighted by molar-refractivity contribution is 5.75. The van der Waals surface area contributed by atoms with Crippen LogP contribution in [0, 0.1) is 6.92 Å². The van der Waals surface area contributed by atoms with Crippen molar-refractivity contribution in [2.45, 2.75) is 32.6 Å². The first-order valence-electron chi connectivity index (χ1n) is 7.45. The molecule has 3 heteroatoms. The second-order valence-electron chi connectivity index (χ2n) is 5.27. The number of hydrogen-bond acceptors (Lipinski definition) is 2. The fourth-order valence-electron chi connectivity index (χ4n) is 2.31. The normalized spacial score (nSPS) is 11.9. The molecule has 0 spiro atoms. The van der Waals surface area contributed by atoms with Crippen molar-refractivity contribution in [3.8, 4) is 0 Å². The zero-order valence-corrected chi connectivity index (χ0v) is 12.7. The number of carbonyl (C=O) groups is 1. The van der Waals surface area contributed by atoms with Crippen molar-refractivity contribution in [3.05, 3.63) is 65.5 Å². The molecule has 1 amide bonds. The van der Waals surface area contributed by atoms with E-state index in [1.54, 1.807) is 6.20 Å². The largest absolute Gasteiger partial charge is 0.355 e. The van der Waals surface area contributed by atoms with E-state index in [4.69, 9.17) is 0 Å². The number of aromatic nitrogens is 1. The SMILES string of the molecule is CCCC(=O)NCC(c1ccc(C)cc1)c1ccccn1. The molecule has 1 atom stereocenters. The molecule has 0 saturated carbocycles. The average Bonchev–Trinajstić information content (AvgIpc) is 2.50. The number of hydrogen-bond donors (Lipinski definition) is 1. The Morgan fingerprint density at radius 3 is 2.57 bits per heavy atom. The molecule has 0 saturated heterocycles. The van der Waals surface area contributed by atoms with Gasteiger partial charge in [0.15, 0.2) is 0 Å². The van der Waals surface area contributed by atoms with Crippen molar-refractivity contribution in [3.63, 3.8) is 0 Å². The van der Waals surface area contributed by atoms with Crippen molar-refractivity contribution in [2.24, 2.45) is 0 Å². The minimum absolute atomic E-state index is 0.0904. The van der Waals surface area contributed by atoms with Crippen LogP contribution in [0.2, 0.25) is 0 Å². The van der Waals surface area contributed by atoms with E-state index in [0.717, 1.165) is 12.1 Å². The summed E-state index contributed by atoms with van der Waals surface area (Å²) in [5, 5.41) is 3.02. The van der Waals surface area contributed by atoms with E-state index >= 15 is 0 Å². The van der Waals surface area contributed by atoms with Gasteiger partial charge in [-0.25, -0.2) is 0 Å². The Labute approximate surface area is 126 Å². The molecule has 2 rings (SSSR count). The molecular formula is C18H22N2O. The van der Waals surface area contributed by atoms with Crippen molar-refractivity contribution in [1.82, 2.24) is 10.3 Å². The van der Waals surface area contributed by atoms with Crippen molar-refractivity contribution in [2.75, 3.05) is 6.54 Å². The molecule has 0 bridgehead atoms. The highest BCUT2D eigenvalue weighted by Gasteiger charge is 2.16. The van der Waals surface area contributed by atoms with Gasteiger partial charge in [0.25, 0.3) is 0 Å². The smallest absolute Gasteiger partial charge is 0.220 e. The summed E-state index contributed by atoms with van der Waals surface area (Å²) in [6.45, 7) is 4.66. The molecule has 1 aromatic carbocycles. The second-order valence-corrected chi connectivity index (χ2v) is 5.27. The van der Waals surface area contributed by atoms with Gasteiger partial charge in [-0.05, 0) is 31.0 Å². The Hall–Kier alpha value is -2.16. The van der Waals surface area contributed by atoms with E-state index in [-0.39, 0.29) is 11.8 Å². The summed E-state index contributed by atoms with van der Waals surface area (Å²) in [4.78, 5) is 16.2. The maximum atomic E-state index is 11.7. The Bertz CT molecular complexity index is 564. The number of aryl methyl sites for hydroxylation is 1. The van der Waals surface area contributed by atoms with Gasteiger partial charge in [-0.3, -0.25) is 9.78 Å². The molecular weight excluding hydrogens is 260 g/mol. The number of rotatable bonds is 6. The van der Waals surface area contributed by atoms with Crippen LogP contribution in [0.25, 0.3) is 0 Å². The number of amides is 1. The molecule has 1 N–H and O–H groups in total. The maximum Gasteiger partial charge on any atom is 0.220 e. The topological polar surface area (TPSA) is 42.0 Å². The predicted octanol–water partition coefficient (Wildman–Crippen LogP) is 3.44. The molecule has 0 aliphatic rings. The molecule has 0 radical (unpaired) electrons. The Morgan fingerprint density at radius 2 is 1.95 bits per heavy atom. The Morgan fingerprint density at radius 1 is 1.19 bits per heavy atom. The van der Waals surface area contributed by atoms with Gasteiger partial charge in [-0.15, -0.1) is 0 Å². The summed E-state index contributed by atoms with van der Waals surface area (Å²) >= 11 is 0. The fourth-order valence-corrected chi connectivity index (χ4v) is 2.31. The third-order valence-corrected chi connectivity index (χ3v) is 3.50. The molecule has 2 aromatic rings. The second kappa shape index (κ2) is 7.58. The lowest BCUT2D eigenvalue weighted by Gasteiger charge is -2.18. The van der Waals surface area contributed by atoms with Gasteiger partial charge in [-0.2, -0.15) is 0 Å². The molecule has 0 aliphatic carbocycles. The summed E-state index contributed by atoms with van der Waals surface area (Å²) < 4.78 is 0. The summed E-state index contributed by atoms with van der Waals surface area (Å²) in [6.07, 6.45) is 3.23. The first-order chi connectivity index (χ1) is 10.2. The standard InChI is InChI=1S/C18H22N2O/c1-3-6-18(21)20-13-16(17-7-4-5-12-19-17)15-10-8-14(2)9-11-15/h4-5,7-12,16H,3,6,13H2,1-2H3,(H,20,21).